The van der Waals surface area contributed by atoms with Gasteiger partial charge < -0.3 is 24.8 Å². The van der Waals surface area contributed by atoms with Gasteiger partial charge in [-0.15, -0.1) is 11.8 Å². The van der Waals surface area contributed by atoms with E-state index in [-0.39, 0.29) is 24.8 Å². The summed E-state index contributed by atoms with van der Waals surface area (Å²) in [5.74, 6) is -0.252. The highest BCUT2D eigenvalue weighted by Crippen LogP contribution is 2.55. The molecule has 3 amide bonds. The predicted octanol–water partition coefficient (Wildman–Crippen LogP) is 6.85. The van der Waals surface area contributed by atoms with Gasteiger partial charge in [0.05, 0.1) is 19.0 Å². The number of aryl methyl sites for hydroxylation is 1. The first-order valence-electron chi connectivity index (χ1n) is 14.4. The van der Waals surface area contributed by atoms with Crippen molar-refractivity contribution in [3.8, 4) is 0 Å². The number of ether oxygens (including phenoxy) is 1. The fourth-order valence-corrected chi connectivity index (χ4v) is 8.09. The number of aromatic amines is 1. The van der Waals surface area contributed by atoms with E-state index < -0.39 is 23.0 Å². The molecule has 44 heavy (non-hydrogen) atoms. The number of nitrogens with one attached hydrogen (secondary N) is 2. The zero-order valence-electron chi connectivity index (χ0n) is 24.3. The van der Waals surface area contributed by atoms with E-state index in [4.69, 9.17) is 16.3 Å². The Bertz CT molecular complexity index is 1710. The Morgan fingerprint density at radius 3 is 2.61 bits per heavy atom. The summed E-state index contributed by atoms with van der Waals surface area (Å²) in [6, 6.07) is 20.9. The van der Waals surface area contributed by atoms with E-state index in [0.29, 0.717) is 24.5 Å². The number of likely N-dealkylation sites (tertiary alicyclic amines) is 2. The van der Waals surface area contributed by atoms with Crippen molar-refractivity contribution in [1.82, 2.24) is 20.1 Å². The standard InChI is InChI=1S/C33H32BrClN4O4S/c1-20-3-10-25(11-4-20)44-33(31(41)38-14-13-24(19-38)43-32(42)36-2)16-29(40)39(18-21-5-7-22(34)8-6-21)30(33)27-17-37-28-15-23(35)9-12-26(27)28/h3-12,15,17,24,30,37H,13-14,16,18-19H2,1-2H3,(H,36,42)/t24-,30-,33-/m0/s1. The van der Waals surface area contributed by atoms with E-state index in [1.54, 1.807) is 4.90 Å². The van der Waals surface area contributed by atoms with E-state index in [1.165, 1.54) is 18.8 Å². The van der Waals surface area contributed by atoms with E-state index in [2.05, 4.69) is 26.2 Å². The van der Waals surface area contributed by atoms with Gasteiger partial charge in [-0.1, -0.05) is 63.4 Å². The number of benzene rings is 3. The molecule has 11 heteroatoms. The highest BCUT2D eigenvalue weighted by atomic mass is 79.9. The van der Waals surface area contributed by atoms with Crippen molar-refractivity contribution in [1.29, 1.82) is 0 Å². The number of amides is 3. The Morgan fingerprint density at radius 2 is 1.89 bits per heavy atom. The number of hydrogen-bond acceptors (Lipinski definition) is 5. The normalized spacial score (nSPS) is 21.7. The van der Waals surface area contributed by atoms with Crippen LogP contribution in [0.4, 0.5) is 4.79 Å². The second kappa shape index (κ2) is 12.5. The Labute approximate surface area is 273 Å². The van der Waals surface area contributed by atoms with Crippen molar-refractivity contribution in [3.63, 3.8) is 0 Å². The van der Waals surface area contributed by atoms with Crippen LogP contribution in [0.2, 0.25) is 5.02 Å². The maximum atomic E-state index is 15.0. The van der Waals surface area contributed by atoms with Crippen LogP contribution >= 0.6 is 39.3 Å². The smallest absolute Gasteiger partial charge is 0.407 e. The summed E-state index contributed by atoms with van der Waals surface area (Å²) in [6.07, 6.45) is 1.49. The summed E-state index contributed by atoms with van der Waals surface area (Å²) in [5, 5.41) is 3.98. The molecule has 2 N–H and O–H groups in total. The zero-order chi connectivity index (χ0) is 31.0. The number of alkyl carbamates (subject to hydrolysis) is 1. The lowest BCUT2D eigenvalue weighted by molar-refractivity contribution is -0.134. The summed E-state index contributed by atoms with van der Waals surface area (Å²) in [4.78, 5) is 48.9. The van der Waals surface area contributed by atoms with Gasteiger partial charge in [0.15, 0.2) is 0 Å². The van der Waals surface area contributed by atoms with E-state index in [0.717, 1.165) is 37.0 Å². The minimum Gasteiger partial charge on any atom is -0.444 e. The van der Waals surface area contributed by atoms with Crippen molar-refractivity contribution < 1.29 is 19.1 Å². The quantitative estimate of drug-likeness (QED) is 0.221. The van der Waals surface area contributed by atoms with Gasteiger partial charge in [-0.2, -0.15) is 0 Å². The molecule has 0 radical (unpaired) electrons. The third-order valence-corrected chi connectivity index (χ3v) is 10.5. The van der Waals surface area contributed by atoms with Crippen LogP contribution in [0.5, 0.6) is 0 Å². The lowest BCUT2D eigenvalue weighted by atomic mass is 9.90. The number of rotatable bonds is 7. The summed E-state index contributed by atoms with van der Waals surface area (Å²) < 4.78 is 5.27. The number of halogens is 2. The van der Waals surface area contributed by atoms with E-state index >= 15 is 0 Å². The predicted molar refractivity (Wildman–Crippen MR) is 176 cm³/mol. The third kappa shape index (κ3) is 5.95. The molecule has 0 bridgehead atoms. The van der Waals surface area contributed by atoms with Gasteiger partial charge in [-0.3, -0.25) is 9.59 Å². The number of aromatic nitrogens is 1. The molecule has 0 saturated carbocycles. The molecule has 4 aromatic rings. The second-order valence-corrected chi connectivity index (χ2v) is 14.0. The molecule has 3 heterocycles. The summed E-state index contributed by atoms with van der Waals surface area (Å²) in [7, 11) is 1.51. The molecule has 0 aliphatic carbocycles. The van der Waals surface area contributed by atoms with Gasteiger partial charge in [-0.25, -0.2) is 4.79 Å². The zero-order valence-corrected chi connectivity index (χ0v) is 27.5. The molecule has 3 atom stereocenters. The number of carbonyl (C=O) groups is 3. The molecular formula is C33H32BrClN4O4S. The summed E-state index contributed by atoms with van der Waals surface area (Å²) in [5.41, 5.74) is 3.74. The minimum absolute atomic E-state index is 0.0172. The largest absolute Gasteiger partial charge is 0.444 e. The first kappa shape index (κ1) is 30.6. The van der Waals surface area contributed by atoms with Gasteiger partial charge in [-0.05, 0) is 48.9 Å². The highest BCUT2D eigenvalue weighted by molar-refractivity contribution is 9.10. The Balaban J connectivity index is 1.48. The lowest BCUT2D eigenvalue weighted by Gasteiger charge is -2.38. The SMILES string of the molecule is CNC(=O)O[C@H]1CCN(C(=O)[C@]2(Sc3ccc(C)cc3)CC(=O)N(Cc3ccc(Br)cc3)[C@H]2c2c[nH]c3cc(Cl)ccc23)C1. The average Bonchev–Trinajstić information content (AvgIpc) is 3.71. The van der Waals surface area contributed by atoms with Crippen molar-refractivity contribution in [2.24, 2.45) is 0 Å². The van der Waals surface area contributed by atoms with Crippen LogP contribution in [-0.2, 0) is 20.9 Å². The van der Waals surface area contributed by atoms with Crippen molar-refractivity contribution >= 4 is 68.1 Å². The van der Waals surface area contributed by atoms with Gasteiger partial charge in [0.2, 0.25) is 11.8 Å². The fourth-order valence-electron chi connectivity index (χ4n) is 6.18. The summed E-state index contributed by atoms with van der Waals surface area (Å²) >= 11 is 11.3. The molecule has 3 aromatic carbocycles. The Kier molecular flexibility index (Phi) is 8.68. The molecule has 6 rings (SSSR count). The maximum absolute atomic E-state index is 15.0. The molecule has 2 fully saturated rings. The molecule has 2 aliphatic rings. The van der Waals surface area contributed by atoms with E-state index in [9.17, 15) is 14.4 Å². The van der Waals surface area contributed by atoms with Crippen LogP contribution in [0.15, 0.2) is 82.3 Å². The maximum Gasteiger partial charge on any atom is 0.407 e. The fraction of sp³-hybridized carbons (Fsp3) is 0.303. The average molecular weight is 696 g/mol. The topological polar surface area (TPSA) is 94.7 Å². The molecule has 2 aliphatic heterocycles. The number of hydrogen-bond donors (Lipinski definition) is 2. The third-order valence-electron chi connectivity index (χ3n) is 8.32. The molecule has 228 valence electrons. The van der Waals surface area contributed by atoms with Crippen LogP contribution in [0.25, 0.3) is 10.9 Å². The van der Waals surface area contributed by atoms with E-state index in [1.807, 2.05) is 84.8 Å². The van der Waals surface area contributed by atoms with Crippen LogP contribution in [0.1, 0.15) is 35.6 Å². The van der Waals surface area contributed by atoms with Crippen LogP contribution in [-0.4, -0.2) is 63.7 Å². The number of fused-ring (bicyclic) bond motifs is 1. The molecular weight excluding hydrogens is 664 g/mol. The van der Waals surface area contributed by atoms with Gasteiger partial charge in [0.1, 0.15) is 10.9 Å². The van der Waals surface area contributed by atoms with Gasteiger partial charge in [0.25, 0.3) is 0 Å². The molecule has 8 nitrogen and oxygen atoms in total. The number of thioether (sulfide) groups is 1. The Hall–Kier alpha value is -3.47. The molecule has 0 unspecified atom stereocenters. The van der Waals surface area contributed by atoms with Crippen LogP contribution < -0.4 is 5.32 Å². The van der Waals surface area contributed by atoms with Crippen molar-refractivity contribution in [3.05, 3.63) is 99.1 Å². The highest BCUT2D eigenvalue weighted by Gasteiger charge is 2.60. The van der Waals surface area contributed by atoms with Crippen molar-refractivity contribution in [2.75, 3.05) is 20.1 Å². The number of H-pyrrole nitrogens is 1. The molecule has 0 spiro atoms. The summed E-state index contributed by atoms with van der Waals surface area (Å²) in [6.45, 7) is 3.04. The lowest BCUT2D eigenvalue weighted by Crippen LogP contribution is -2.49. The van der Waals surface area contributed by atoms with Crippen LogP contribution in [0, 0.1) is 6.92 Å². The minimum atomic E-state index is -1.20. The molecule has 2 saturated heterocycles. The first-order chi connectivity index (χ1) is 21.2. The van der Waals surface area contributed by atoms with Crippen LogP contribution in [0.3, 0.4) is 0 Å². The molecule has 1 aromatic heterocycles. The monoisotopic (exact) mass is 694 g/mol. The number of carbonyl (C=O) groups excluding carboxylic acids is 3. The van der Waals surface area contributed by atoms with Crippen molar-refractivity contribution in [2.45, 2.75) is 48.1 Å². The second-order valence-electron chi connectivity index (χ2n) is 11.3. The van der Waals surface area contributed by atoms with Gasteiger partial charge in [0, 0.05) is 63.6 Å². The Morgan fingerprint density at radius 1 is 1.14 bits per heavy atom. The van der Waals surface area contributed by atoms with Gasteiger partial charge >= 0.3 is 6.09 Å². The first-order valence-corrected chi connectivity index (χ1v) is 16.4. The number of nitrogens with zero attached hydrogens (tertiary/aromatic N) is 2.